The van der Waals surface area contributed by atoms with Crippen LogP contribution in [0.4, 0.5) is 0 Å². The van der Waals surface area contributed by atoms with Gasteiger partial charge >= 0.3 is 0 Å². The Hall–Kier alpha value is -2.53. The first-order valence-corrected chi connectivity index (χ1v) is 8.94. The van der Waals surface area contributed by atoms with E-state index in [-0.39, 0.29) is 17.7 Å². The van der Waals surface area contributed by atoms with Crippen LogP contribution in [0.1, 0.15) is 27.7 Å². The van der Waals surface area contributed by atoms with E-state index in [0.717, 1.165) is 22.3 Å². The van der Waals surface area contributed by atoms with Crippen LogP contribution in [-0.2, 0) is 6.54 Å². The van der Waals surface area contributed by atoms with Gasteiger partial charge < -0.3 is 14.6 Å². The van der Waals surface area contributed by atoms with E-state index in [9.17, 15) is 9.90 Å². The number of rotatable bonds is 2. The standard InChI is InChI=1S/C20H17BrN2O2/c21-15-8-9-18(24)16(13-15)20(25)23-12-11-22-10-4-7-17(22)19(23)14-5-2-1-3-6-14/h1-10,13,19,24H,11-12H2. The number of aromatic nitrogens is 1. The molecule has 1 aliphatic rings. The molecule has 0 radical (unpaired) electrons. The van der Waals surface area contributed by atoms with Gasteiger partial charge in [0, 0.05) is 29.5 Å². The predicted octanol–water partition coefficient (Wildman–Crippen LogP) is 4.20. The summed E-state index contributed by atoms with van der Waals surface area (Å²) in [6.45, 7) is 1.33. The van der Waals surface area contributed by atoms with Crippen molar-refractivity contribution in [3.63, 3.8) is 0 Å². The van der Waals surface area contributed by atoms with Gasteiger partial charge in [-0.05, 0) is 35.9 Å². The van der Waals surface area contributed by atoms with E-state index in [1.165, 1.54) is 0 Å². The Balaban J connectivity index is 1.80. The van der Waals surface area contributed by atoms with Gasteiger partial charge in [0.15, 0.2) is 0 Å². The summed E-state index contributed by atoms with van der Waals surface area (Å²) in [5.74, 6) is -0.166. The predicted molar refractivity (Wildman–Crippen MR) is 99.6 cm³/mol. The minimum Gasteiger partial charge on any atom is -0.507 e. The lowest BCUT2D eigenvalue weighted by Gasteiger charge is -2.37. The van der Waals surface area contributed by atoms with Gasteiger partial charge in [-0.1, -0.05) is 46.3 Å². The molecule has 1 amide bonds. The third-order valence-electron chi connectivity index (χ3n) is 4.60. The quantitative estimate of drug-likeness (QED) is 0.705. The third kappa shape index (κ3) is 2.85. The second-order valence-corrected chi connectivity index (χ2v) is 7.02. The molecule has 1 aliphatic heterocycles. The lowest BCUT2D eigenvalue weighted by atomic mass is 9.99. The van der Waals surface area contributed by atoms with E-state index in [1.54, 1.807) is 18.2 Å². The highest BCUT2D eigenvalue weighted by Gasteiger charge is 2.33. The molecule has 3 aromatic rings. The van der Waals surface area contributed by atoms with Gasteiger partial charge in [0.2, 0.25) is 0 Å². The summed E-state index contributed by atoms with van der Waals surface area (Å²) in [4.78, 5) is 15.1. The Morgan fingerprint density at radius 3 is 2.64 bits per heavy atom. The van der Waals surface area contributed by atoms with E-state index in [0.29, 0.717) is 12.1 Å². The molecule has 1 atom stereocenters. The summed E-state index contributed by atoms with van der Waals surface area (Å²) < 4.78 is 2.95. The van der Waals surface area contributed by atoms with Crippen LogP contribution in [0.15, 0.2) is 71.3 Å². The molecule has 0 aliphatic carbocycles. The van der Waals surface area contributed by atoms with Crippen molar-refractivity contribution in [3.8, 4) is 5.75 Å². The Morgan fingerprint density at radius 2 is 1.84 bits per heavy atom. The number of hydrogen-bond donors (Lipinski definition) is 1. The molecule has 0 saturated carbocycles. The maximum absolute atomic E-state index is 13.2. The second kappa shape index (κ2) is 6.41. The van der Waals surface area contributed by atoms with Gasteiger partial charge in [-0.2, -0.15) is 0 Å². The van der Waals surface area contributed by atoms with Gasteiger partial charge in [0.05, 0.1) is 11.6 Å². The van der Waals surface area contributed by atoms with Crippen LogP contribution in [0.3, 0.4) is 0 Å². The Morgan fingerprint density at radius 1 is 1.04 bits per heavy atom. The second-order valence-electron chi connectivity index (χ2n) is 6.10. The Kier molecular flexibility index (Phi) is 4.09. The Labute approximate surface area is 154 Å². The summed E-state index contributed by atoms with van der Waals surface area (Å²) in [6, 6.07) is 18.8. The van der Waals surface area contributed by atoms with Crippen LogP contribution in [-0.4, -0.2) is 27.0 Å². The summed E-state index contributed by atoms with van der Waals surface area (Å²) in [7, 11) is 0. The van der Waals surface area contributed by atoms with Crippen molar-refractivity contribution in [2.45, 2.75) is 12.6 Å². The molecule has 0 bridgehead atoms. The van der Waals surface area contributed by atoms with E-state index < -0.39 is 0 Å². The van der Waals surface area contributed by atoms with Crippen molar-refractivity contribution in [1.29, 1.82) is 0 Å². The molecule has 1 unspecified atom stereocenters. The highest BCUT2D eigenvalue weighted by molar-refractivity contribution is 9.10. The van der Waals surface area contributed by atoms with E-state index in [1.807, 2.05) is 47.5 Å². The number of nitrogens with zero attached hydrogens (tertiary/aromatic N) is 2. The largest absolute Gasteiger partial charge is 0.507 e. The van der Waals surface area contributed by atoms with Crippen molar-refractivity contribution in [3.05, 3.63) is 88.2 Å². The van der Waals surface area contributed by atoms with Crippen LogP contribution in [0.25, 0.3) is 0 Å². The molecule has 4 nitrogen and oxygen atoms in total. The monoisotopic (exact) mass is 396 g/mol. The lowest BCUT2D eigenvalue weighted by molar-refractivity contribution is 0.0661. The first-order valence-electron chi connectivity index (χ1n) is 8.14. The maximum Gasteiger partial charge on any atom is 0.258 e. The van der Waals surface area contributed by atoms with E-state index in [4.69, 9.17) is 0 Å². The molecule has 2 aromatic carbocycles. The molecule has 1 aromatic heterocycles. The SMILES string of the molecule is O=C(c1cc(Br)ccc1O)N1CCn2cccc2C1c1ccccc1. The molecular formula is C20H17BrN2O2. The van der Waals surface area contributed by atoms with Gasteiger partial charge in [-0.3, -0.25) is 4.79 Å². The average Bonchev–Trinajstić information content (AvgIpc) is 3.11. The van der Waals surface area contributed by atoms with Gasteiger partial charge in [0.1, 0.15) is 5.75 Å². The molecule has 0 saturated heterocycles. The highest BCUT2D eigenvalue weighted by atomic mass is 79.9. The zero-order valence-electron chi connectivity index (χ0n) is 13.5. The zero-order chi connectivity index (χ0) is 17.4. The molecule has 4 rings (SSSR count). The smallest absolute Gasteiger partial charge is 0.258 e. The third-order valence-corrected chi connectivity index (χ3v) is 5.10. The number of benzene rings is 2. The molecule has 1 N–H and O–H groups in total. The van der Waals surface area contributed by atoms with Crippen LogP contribution < -0.4 is 0 Å². The van der Waals surface area contributed by atoms with Crippen molar-refractivity contribution < 1.29 is 9.90 Å². The molecule has 0 fully saturated rings. The average molecular weight is 397 g/mol. The number of hydrogen-bond acceptors (Lipinski definition) is 2. The number of amides is 1. The Bertz CT molecular complexity index is 920. The van der Waals surface area contributed by atoms with Crippen LogP contribution in [0.5, 0.6) is 5.75 Å². The number of halogens is 1. The number of fused-ring (bicyclic) bond motifs is 1. The van der Waals surface area contributed by atoms with Crippen LogP contribution in [0, 0.1) is 0 Å². The number of aromatic hydroxyl groups is 1. The van der Waals surface area contributed by atoms with Gasteiger partial charge in [-0.15, -0.1) is 0 Å². The fraction of sp³-hybridized carbons (Fsp3) is 0.150. The summed E-state index contributed by atoms with van der Waals surface area (Å²) >= 11 is 3.38. The summed E-state index contributed by atoms with van der Waals surface area (Å²) in [5, 5.41) is 10.2. The molecule has 0 spiro atoms. The lowest BCUT2D eigenvalue weighted by Crippen LogP contribution is -2.42. The fourth-order valence-electron chi connectivity index (χ4n) is 3.42. The maximum atomic E-state index is 13.2. The topological polar surface area (TPSA) is 45.5 Å². The van der Waals surface area contributed by atoms with Crippen molar-refractivity contribution in [2.75, 3.05) is 6.54 Å². The number of phenolic OH excluding ortho intramolecular Hbond substituents is 1. The van der Waals surface area contributed by atoms with Gasteiger partial charge in [0.25, 0.3) is 5.91 Å². The van der Waals surface area contributed by atoms with Crippen molar-refractivity contribution >= 4 is 21.8 Å². The van der Waals surface area contributed by atoms with Gasteiger partial charge in [-0.25, -0.2) is 0 Å². The number of carbonyl (C=O) groups excluding carboxylic acids is 1. The highest BCUT2D eigenvalue weighted by Crippen LogP contribution is 2.35. The number of carbonyl (C=O) groups is 1. The summed E-state index contributed by atoms with van der Waals surface area (Å²) in [5.41, 5.74) is 2.46. The van der Waals surface area contributed by atoms with Crippen LogP contribution >= 0.6 is 15.9 Å². The first kappa shape index (κ1) is 16.0. The summed E-state index contributed by atoms with van der Waals surface area (Å²) in [6.07, 6.45) is 2.05. The molecule has 5 heteroatoms. The minimum atomic E-state index is -0.171. The fourth-order valence-corrected chi connectivity index (χ4v) is 3.78. The zero-order valence-corrected chi connectivity index (χ0v) is 15.1. The van der Waals surface area contributed by atoms with Crippen molar-refractivity contribution in [2.24, 2.45) is 0 Å². The normalized spacial score (nSPS) is 16.5. The molecular weight excluding hydrogens is 380 g/mol. The van der Waals surface area contributed by atoms with Crippen molar-refractivity contribution in [1.82, 2.24) is 9.47 Å². The minimum absolute atomic E-state index is 0.000896. The molecule has 25 heavy (non-hydrogen) atoms. The van der Waals surface area contributed by atoms with Crippen LogP contribution in [0.2, 0.25) is 0 Å². The first-order chi connectivity index (χ1) is 12.1. The molecule has 2 heterocycles. The van der Waals surface area contributed by atoms with E-state index >= 15 is 0 Å². The molecule has 126 valence electrons. The number of phenols is 1. The van der Waals surface area contributed by atoms with E-state index in [2.05, 4.69) is 26.6 Å².